The van der Waals surface area contributed by atoms with Gasteiger partial charge in [0.1, 0.15) is 0 Å². The Kier molecular flexibility index (Phi) is 4.77. The summed E-state index contributed by atoms with van der Waals surface area (Å²) in [6.07, 6.45) is 1.02. The second-order valence-electron chi connectivity index (χ2n) is 4.27. The molecule has 2 rings (SSSR count). The molecule has 0 aromatic heterocycles. The van der Waals surface area contributed by atoms with Gasteiger partial charge in [-0.2, -0.15) is 10.2 Å². The number of rotatable bonds is 4. The number of nitrogens with two attached hydrogens (primary N) is 1. The zero-order valence-corrected chi connectivity index (χ0v) is 11.7. The van der Waals surface area contributed by atoms with Crippen LogP contribution in [0, 0.1) is 0 Å². The number of anilines is 1. The molecule has 3 amide bonds. The molecule has 0 unspecified atom stereocenters. The van der Waals surface area contributed by atoms with Gasteiger partial charge in [0, 0.05) is 0 Å². The second-order valence-corrected chi connectivity index (χ2v) is 4.27. The maximum Gasteiger partial charge on any atom is 0.326 e. The fourth-order valence-corrected chi connectivity index (χ4v) is 1.73. The first-order valence-corrected chi connectivity index (χ1v) is 6.44. The van der Waals surface area contributed by atoms with Gasteiger partial charge in [0.05, 0.1) is 17.1 Å². The molecule has 0 saturated heterocycles. The molecular weight excluding hydrogens is 280 g/mol. The molecule has 0 spiro atoms. The highest BCUT2D eigenvalue weighted by molar-refractivity contribution is 6.17. The number of carbonyl (C=O) groups is 2. The summed E-state index contributed by atoms with van der Waals surface area (Å²) in [5.41, 5.74) is 6.85. The Hall–Kier alpha value is -3.28. The van der Waals surface area contributed by atoms with Crippen LogP contribution in [0.5, 0.6) is 0 Å². The Morgan fingerprint density at radius 1 is 0.955 bits per heavy atom. The Labute approximate surface area is 127 Å². The number of hydrogen-bond acceptors (Lipinski definition) is 4. The summed E-state index contributed by atoms with van der Waals surface area (Å²) in [4.78, 5) is 23.8. The molecule has 0 fully saturated rings. The van der Waals surface area contributed by atoms with E-state index in [0.717, 1.165) is 16.7 Å². The fourth-order valence-electron chi connectivity index (χ4n) is 1.73. The van der Waals surface area contributed by atoms with Crippen molar-refractivity contribution in [2.24, 2.45) is 16.0 Å². The fraction of sp³-hybridized carbons (Fsp3) is 0. The first-order valence-electron chi connectivity index (χ1n) is 6.44. The van der Waals surface area contributed by atoms with E-state index in [9.17, 15) is 9.59 Å². The molecule has 0 saturated carbocycles. The Morgan fingerprint density at radius 2 is 1.50 bits per heavy atom. The van der Waals surface area contributed by atoms with E-state index >= 15 is 0 Å². The van der Waals surface area contributed by atoms with E-state index in [0.29, 0.717) is 11.4 Å². The van der Waals surface area contributed by atoms with Crippen molar-refractivity contribution in [3.05, 3.63) is 67.3 Å². The van der Waals surface area contributed by atoms with Crippen LogP contribution in [0.3, 0.4) is 0 Å². The van der Waals surface area contributed by atoms with E-state index in [2.05, 4.69) is 16.8 Å². The van der Waals surface area contributed by atoms with Crippen LogP contribution < -0.4 is 10.6 Å². The molecule has 0 bridgehead atoms. The van der Waals surface area contributed by atoms with Gasteiger partial charge in [0.25, 0.3) is 5.91 Å². The first-order chi connectivity index (χ1) is 10.6. The average molecular weight is 294 g/mol. The molecule has 2 N–H and O–H groups in total. The van der Waals surface area contributed by atoms with Crippen molar-refractivity contribution >= 4 is 29.0 Å². The first kappa shape index (κ1) is 15.1. The quantitative estimate of drug-likeness (QED) is 0.688. The highest BCUT2D eigenvalue weighted by atomic mass is 16.2. The molecule has 0 aliphatic rings. The van der Waals surface area contributed by atoms with Crippen LogP contribution in [0.15, 0.2) is 77.5 Å². The number of primary amides is 1. The van der Waals surface area contributed by atoms with Gasteiger partial charge in [0.15, 0.2) is 0 Å². The van der Waals surface area contributed by atoms with Gasteiger partial charge in [-0.25, -0.2) is 9.69 Å². The molecule has 0 radical (unpaired) electrons. The number of urea groups is 1. The van der Waals surface area contributed by atoms with Crippen molar-refractivity contribution < 1.29 is 9.59 Å². The van der Waals surface area contributed by atoms with Gasteiger partial charge in [-0.3, -0.25) is 4.79 Å². The third-order valence-corrected chi connectivity index (χ3v) is 2.76. The van der Waals surface area contributed by atoms with Crippen molar-refractivity contribution in [1.82, 2.24) is 0 Å². The van der Waals surface area contributed by atoms with Crippen LogP contribution in [-0.4, -0.2) is 11.9 Å². The van der Waals surface area contributed by atoms with Crippen molar-refractivity contribution in [2.75, 3.05) is 4.90 Å². The van der Waals surface area contributed by atoms with E-state index in [1.165, 1.54) is 0 Å². The molecule has 2 aromatic carbocycles. The Bertz CT molecular complexity index is 709. The van der Waals surface area contributed by atoms with Gasteiger partial charge in [-0.15, -0.1) is 0 Å². The lowest BCUT2D eigenvalue weighted by Crippen LogP contribution is -2.39. The molecule has 6 nitrogen and oxygen atoms in total. The van der Waals surface area contributed by atoms with Gasteiger partial charge in [-0.1, -0.05) is 24.8 Å². The average Bonchev–Trinajstić information content (AvgIpc) is 2.54. The zero-order valence-electron chi connectivity index (χ0n) is 11.7. The van der Waals surface area contributed by atoms with Crippen molar-refractivity contribution in [3.63, 3.8) is 0 Å². The summed E-state index contributed by atoms with van der Waals surface area (Å²) in [5, 5.41) is 8.15. The predicted octanol–water partition coefficient (Wildman–Crippen LogP) is 3.70. The SMILES string of the molecule is C=CC(=O)N(C(N)=O)c1ccc(/N=N/c2ccccc2)cc1. The van der Waals surface area contributed by atoms with Crippen LogP contribution in [0.2, 0.25) is 0 Å². The van der Waals surface area contributed by atoms with Crippen molar-refractivity contribution in [3.8, 4) is 0 Å². The lowest BCUT2D eigenvalue weighted by Gasteiger charge is -2.16. The third kappa shape index (κ3) is 3.63. The minimum absolute atomic E-state index is 0.344. The summed E-state index contributed by atoms with van der Waals surface area (Å²) in [7, 11) is 0. The van der Waals surface area contributed by atoms with Crippen LogP contribution in [0.25, 0.3) is 0 Å². The van der Waals surface area contributed by atoms with Crippen molar-refractivity contribution in [1.29, 1.82) is 0 Å². The summed E-state index contributed by atoms with van der Waals surface area (Å²) >= 11 is 0. The maximum absolute atomic E-state index is 11.6. The molecule has 110 valence electrons. The molecule has 0 aliphatic carbocycles. The molecule has 0 heterocycles. The molecule has 0 aliphatic heterocycles. The highest BCUT2D eigenvalue weighted by Gasteiger charge is 2.18. The Balaban J connectivity index is 2.19. The van der Waals surface area contributed by atoms with Gasteiger partial charge < -0.3 is 5.73 Å². The number of azo groups is 1. The summed E-state index contributed by atoms with van der Waals surface area (Å²) in [5.74, 6) is -0.592. The summed E-state index contributed by atoms with van der Waals surface area (Å²) in [6.45, 7) is 3.34. The monoisotopic (exact) mass is 294 g/mol. The normalized spacial score (nSPS) is 10.4. The summed E-state index contributed by atoms with van der Waals surface area (Å²) < 4.78 is 0. The standard InChI is InChI=1S/C16H14N4O2/c1-2-15(21)20(16(17)22)14-10-8-13(9-11-14)19-18-12-6-4-3-5-7-12/h2-11H,1H2,(H2,17,22)/b19-18+. The maximum atomic E-state index is 11.6. The third-order valence-electron chi connectivity index (χ3n) is 2.76. The van der Waals surface area contributed by atoms with Gasteiger partial charge in [0.2, 0.25) is 0 Å². The van der Waals surface area contributed by atoms with E-state index in [4.69, 9.17) is 5.73 Å². The Morgan fingerprint density at radius 3 is 2.00 bits per heavy atom. The molecule has 0 atom stereocenters. The number of hydrogen-bond donors (Lipinski definition) is 1. The molecule has 6 heteroatoms. The molecular formula is C16H14N4O2. The number of imide groups is 1. The summed E-state index contributed by atoms with van der Waals surface area (Å²) in [6, 6.07) is 14.8. The topological polar surface area (TPSA) is 88.1 Å². The number of amides is 3. The van der Waals surface area contributed by atoms with E-state index < -0.39 is 11.9 Å². The van der Waals surface area contributed by atoms with Crippen LogP contribution in [-0.2, 0) is 4.79 Å². The van der Waals surface area contributed by atoms with Crippen LogP contribution in [0.4, 0.5) is 21.9 Å². The lowest BCUT2D eigenvalue weighted by atomic mass is 10.2. The van der Waals surface area contributed by atoms with E-state index in [1.807, 2.05) is 30.3 Å². The van der Waals surface area contributed by atoms with Crippen LogP contribution >= 0.6 is 0 Å². The number of nitrogens with zero attached hydrogens (tertiary/aromatic N) is 3. The highest BCUT2D eigenvalue weighted by Crippen LogP contribution is 2.22. The second kappa shape index (κ2) is 6.94. The molecule has 22 heavy (non-hydrogen) atoms. The van der Waals surface area contributed by atoms with Crippen LogP contribution in [0.1, 0.15) is 0 Å². The van der Waals surface area contributed by atoms with Gasteiger partial charge in [-0.05, 0) is 42.5 Å². The smallest absolute Gasteiger partial charge is 0.326 e. The van der Waals surface area contributed by atoms with E-state index in [-0.39, 0.29) is 0 Å². The minimum Gasteiger partial charge on any atom is -0.351 e. The largest absolute Gasteiger partial charge is 0.351 e. The lowest BCUT2D eigenvalue weighted by molar-refractivity contribution is -0.113. The van der Waals surface area contributed by atoms with E-state index in [1.54, 1.807) is 24.3 Å². The number of carbonyl (C=O) groups excluding carboxylic acids is 2. The van der Waals surface area contributed by atoms with Crippen molar-refractivity contribution in [2.45, 2.75) is 0 Å². The zero-order chi connectivity index (χ0) is 15.9. The van der Waals surface area contributed by atoms with Gasteiger partial charge >= 0.3 is 6.03 Å². The molecule has 2 aromatic rings. The predicted molar refractivity (Wildman–Crippen MR) is 84.3 cm³/mol. The number of benzene rings is 2. The minimum atomic E-state index is -0.872.